The van der Waals surface area contributed by atoms with Gasteiger partial charge in [0, 0.05) is 37.5 Å². The predicted molar refractivity (Wildman–Crippen MR) is 172 cm³/mol. The van der Waals surface area contributed by atoms with Crippen LogP contribution in [0, 0.1) is 11.3 Å². The molecule has 272 valence electrons. The van der Waals surface area contributed by atoms with Crippen LogP contribution in [0.2, 0.25) is 0 Å². The number of carbonyl (C=O) groups excluding carboxylic acids is 6. The van der Waals surface area contributed by atoms with Gasteiger partial charge in [-0.05, 0) is 44.5 Å². The molecule has 0 saturated carbocycles. The standard InChI is InChI=1S/C33H41N3O14/c1-17(14-19(37)16-36-23(39)9-10-24(36)40)29(44)34-12-11-22(38)35-20-15-18(6-5-13-48-32(47)33(2,3)4)7-8-21(20)49-31-27(43)25(41)26(42)28(50-31)30(45)46/h5-10,15,17,25-28,31,41-43H,11-14,16H2,1-4H3,(H,34,44)(H,35,38)(H,45,46)/b6-5+/t17-,25+,26+,27-,28+,31-/m1/s1. The Morgan fingerprint density at radius 3 is 2.30 bits per heavy atom. The van der Waals surface area contributed by atoms with Crippen molar-refractivity contribution in [1.29, 1.82) is 0 Å². The lowest BCUT2D eigenvalue weighted by molar-refractivity contribution is -0.271. The van der Waals surface area contributed by atoms with Gasteiger partial charge in [-0.15, -0.1) is 0 Å². The van der Waals surface area contributed by atoms with Crippen LogP contribution in [0.4, 0.5) is 5.69 Å². The number of amides is 4. The second-order valence-electron chi connectivity index (χ2n) is 12.7. The van der Waals surface area contributed by atoms with Gasteiger partial charge in [-0.3, -0.25) is 33.7 Å². The number of nitrogens with zero attached hydrogens (tertiary/aromatic N) is 1. The number of aliphatic carboxylic acids is 1. The van der Waals surface area contributed by atoms with Gasteiger partial charge in [-0.1, -0.05) is 19.1 Å². The molecule has 17 nitrogen and oxygen atoms in total. The molecule has 1 aromatic carbocycles. The Labute approximate surface area is 286 Å². The van der Waals surface area contributed by atoms with Crippen molar-refractivity contribution in [2.75, 3.05) is 25.0 Å². The van der Waals surface area contributed by atoms with Crippen LogP contribution in [0.3, 0.4) is 0 Å². The van der Waals surface area contributed by atoms with Crippen molar-refractivity contribution in [3.63, 3.8) is 0 Å². The number of anilines is 1. The SMILES string of the molecule is C[C@H](CC(=O)CN1C(=O)C=CC1=O)C(=O)NCCC(=O)Nc1cc(/C=C/COC(=O)C(C)(C)C)ccc1O[C@@H]1O[C@H](C(=O)O)[C@@H](O)[C@H](O)[C@H]1O. The molecule has 4 amide bonds. The van der Waals surface area contributed by atoms with Crippen molar-refractivity contribution in [2.24, 2.45) is 11.3 Å². The quantitative estimate of drug-likeness (QED) is 0.0997. The molecule has 1 fully saturated rings. The number of aliphatic hydroxyl groups is 3. The number of carboxylic acid groups (broad SMARTS) is 1. The summed E-state index contributed by atoms with van der Waals surface area (Å²) in [6.45, 7) is 5.91. The Balaban J connectivity index is 1.66. The molecule has 50 heavy (non-hydrogen) atoms. The predicted octanol–water partition coefficient (Wildman–Crippen LogP) is -0.475. The van der Waals surface area contributed by atoms with Gasteiger partial charge in [0.25, 0.3) is 11.8 Å². The molecule has 6 N–H and O–H groups in total. The summed E-state index contributed by atoms with van der Waals surface area (Å²) in [7, 11) is 0. The molecule has 0 radical (unpaired) electrons. The maximum atomic E-state index is 12.9. The molecule has 0 aliphatic carbocycles. The lowest BCUT2D eigenvalue weighted by atomic mass is 9.97. The van der Waals surface area contributed by atoms with E-state index in [9.17, 15) is 54.0 Å². The highest BCUT2D eigenvalue weighted by molar-refractivity contribution is 6.14. The van der Waals surface area contributed by atoms with Crippen molar-refractivity contribution in [3.8, 4) is 5.75 Å². The Kier molecular flexibility index (Phi) is 13.5. The summed E-state index contributed by atoms with van der Waals surface area (Å²) in [5.74, 6) is -5.90. The summed E-state index contributed by atoms with van der Waals surface area (Å²) in [6, 6.07) is 4.33. The summed E-state index contributed by atoms with van der Waals surface area (Å²) in [4.78, 5) is 85.4. The minimum Gasteiger partial charge on any atom is -0.479 e. The van der Waals surface area contributed by atoms with Crippen molar-refractivity contribution in [3.05, 3.63) is 42.0 Å². The maximum Gasteiger partial charge on any atom is 0.335 e. The number of ether oxygens (including phenoxy) is 3. The van der Waals surface area contributed by atoms with E-state index < -0.39 is 89.9 Å². The minimum absolute atomic E-state index is 0.0120. The molecular weight excluding hydrogens is 662 g/mol. The lowest BCUT2D eigenvalue weighted by Gasteiger charge is -2.38. The van der Waals surface area contributed by atoms with Crippen LogP contribution in [0.25, 0.3) is 6.08 Å². The van der Waals surface area contributed by atoms with E-state index in [1.165, 1.54) is 25.1 Å². The van der Waals surface area contributed by atoms with Crippen molar-refractivity contribution in [1.82, 2.24) is 10.2 Å². The third-order valence-corrected chi connectivity index (χ3v) is 7.43. The van der Waals surface area contributed by atoms with Crippen LogP contribution in [0.5, 0.6) is 5.75 Å². The Hall–Kier alpha value is -4.97. The number of nitrogens with one attached hydrogen (secondary N) is 2. The number of hydrogen-bond donors (Lipinski definition) is 6. The van der Waals surface area contributed by atoms with Gasteiger partial charge in [-0.2, -0.15) is 0 Å². The van der Waals surface area contributed by atoms with Gasteiger partial charge in [-0.25, -0.2) is 4.79 Å². The third kappa shape index (κ3) is 10.8. The fourth-order valence-corrected chi connectivity index (χ4v) is 4.60. The van der Waals surface area contributed by atoms with E-state index in [0.29, 0.717) is 5.56 Å². The van der Waals surface area contributed by atoms with E-state index >= 15 is 0 Å². The number of imide groups is 1. The van der Waals surface area contributed by atoms with Gasteiger partial charge < -0.3 is 45.3 Å². The van der Waals surface area contributed by atoms with Crippen molar-refractivity contribution in [2.45, 2.75) is 71.2 Å². The first-order chi connectivity index (χ1) is 23.4. The van der Waals surface area contributed by atoms with Gasteiger partial charge in [0.1, 0.15) is 30.7 Å². The number of aliphatic hydroxyl groups excluding tert-OH is 3. The minimum atomic E-state index is -1.95. The molecule has 0 unspecified atom stereocenters. The number of carbonyl (C=O) groups is 7. The molecule has 2 heterocycles. The molecule has 2 aliphatic rings. The largest absolute Gasteiger partial charge is 0.479 e. The Morgan fingerprint density at radius 2 is 1.68 bits per heavy atom. The first-order valence-corrected chi connectivity index (χ1v) is 15.6. The summed E-state index contributed by atoms with van der Waals surface area (Å²) < 4.78 is 16.0. The zero-order chi connectivity index (χ0) is 37.3. The van der Waals surface area contributed by atoms with E-state index in [4.69, 9.17) is 14.2 Å². The smallest absolute Gasteiger partial charge is 0.335 e. The van der Waals surface area contributed by atoms with E-state index in [1.807, 2.05) is 0 Å². The van der Waals surface area contributed by atoms with Crippen molar-refractivity contribution < 1.29 is 68.2 Å². The molecule has 1 aromatic rings. The number of esters is 1. The molecule has 0 spiro atoms. The second kappa shape index (κ2) is 17.1. The van der Waals surface area contributed by atoms with Crippen LogP contribution >= 0.6 is 0 Å². The second-order valence-corrected chi connectivity index (χ2v) is 12.7. The number of hydrogen-bond acceptors (Lipinski definition) is 13. The summed E-state index contributed by atoms with van der Waals surface area (Å²) >= 11 is 0. The number of rotatable bonds is 15. The van der Waals surface area contributed by atoms with E-state index in [-0.39, 0.29) is 37.4 Å². The van der Waals surface area contributed by atoms with Crippen molar-refractivity contribution >= 4 is 53.1 Å². The molecule has 1 saturated heterocycles. The fourth-order valence-electron chi connectivity index (χ4n) is 4.60. The van der Waals surface area contributed by atoms with Crippen LogP contribution in [0.1, 0.15) is 46.1 Å². The molecule has 2 aliphatic heterocycles. The number of Topliss-reactive ketones (excluding diaryl/α,β-unsaturated/α-hetero) is 1. The Bertz CT molecular complexity index is 1530. The number of benzene rings is 1. The lowest BCUT2D eigenvalue weighted by Crippen LogP contribution is -2.61. The number of carboxylic acids is 1. The maximum absolute atomic E-state index is 12.9. The third-order valence-electron chi connectivity index (χ3n) is 7.43. The van der Waals surface area contributed by atoms with Gasteiger partial charge in [0.2, 0.25) is 18.1 Å². The van der Waals surface area contributed by atoms with Gasteiger partial charge in [0.15, 0.2) is 11.9 Å². The highest BCUT2D eigenvalue weighted by Gasteiger charge is 2.48. The average Bonchev–Trinajstić information content (AvgIpc) is 3.35. The normalized spacial score (nSPS) is 22.7. The highest BCUT2D eigenvalue weighted by atomic mass is 16.7. The van der Waals surface area contributed by atoms with E-state index in [1.54, 1.807) is 32.9 Å². The molecule has 3 rings (SSSR count). The van der Waals surface area contributed by atoms with E-state index in [2.05, 4.69) is 10.6 Å². The summed E-state index contributed by atoms with van der Waals surface area (Å²) in [6.07, 6.45) is -4.76. The number of ketones is 1. The molecule has 17 heteroatoms. The molecular formula is C33H41N3O14. The highest BCUT2D eigenvalue weighted by Crippen LogP contribution is 2.31. The molecule has 0 bridgehead atoms. The van der Waals surface area contributed by atoms with E-state index in [0.717, 1.165) is 17.1 Å². The van der Waals surface area contributed by atoms with Crippen LogP contribution in [0.15, 0.2) is 36.4 Å². The average molecular weight is 704 g/mol. The molecule has 6 atom stereocenters. The monoisotopic (exact) mass is 703 g/mol. The fraction of sp³-hybridized carbons (Fsp3) is 0.485. The van der Waals surface area contributed by atoms with Gasteiger partial charge in [0.05, 0.1) is 17.6 Å². The van der Waals surface area contributed by atoms with Crippen LogP contribution in [-0.2, 0) is 43.0 Å². The first-order valence-electron chi connectivity index (χ1n) is 15.6. The summed E-state index contributed by atoms with van der Waals surface area (Å²) in [5, 5.41) is 45.1. The topological polar surface area (TPSA) is 255 Å². The first kappa shape index (κ1) is 39.5. The van der Waals surface area contributed by atoms with Gasteiger partial charge >= 0.3 is 11.9 Å². The zero-order valence-corrected chi connectivity index (χ0v) is 27.9. The van der Waals surface area contributed by atoms with Crippen LogP contribution in [-0.4, -0.2) is 117 Å². The molecule has 0 aromatic heterocycles. The van der Waals surface area contributed by atoms with Crippen LogP contribution < -0.4 is 15.4 Å². The zero-order valence-electron chi connectivity index (χ0n) is 27.9. The summed E-state index contributed by atoms with van der Waals surface area (Å²) in [5.41, 5.74) is -0.204. The Morgan fingerprint density at radius 1 is 1.02 bits per heavy atom.